The van der Waals surface area contributed by atoms with E-state index in [1.165, 1.54) is 0 Å². The summed E-state index contributed by atoms with van der Waals surface area (Å²) in [5, 5.41) is 0.621. The molecule has 0 fully saturated rings. The summed E-state index contributed by atoms with van der Waals surface area (Å²) in [6, 6.07) is 5.37. The molecule has 64 valence electrons. The van der Waals surface area contributed by atoms with Gasteiger partial charge in [0.2, 0.25) is 0 Å². The molecular formula is C9H9ClOS. The Hall–Kier alpha value is -0.470. The zero-order valence-corrected chi connectivity index (χ0v) is 8.28. The van der Waals surface area contributed by atoms with Crippen molar-refractivity contribution in [2.75, 3.05) is 5.75 Å². The van der Waals surface area contributed by atoms with Crippen LogP contribution in [0, 0.1) is 0 Å². The van der Waals surface area contributed by atoms with E-state index in [1.54, 1.807) is 17.8 Å². The molecule has 0 spiro atoms. The highest BCUT2D eigenvalue weighted by atomic mass is 35.5. The lowest BCUT2D eigenvalue weighted by Gasteiger charge is -1.99. The summed E-state index contributed by atoms with van der Waals surface area (Å²) in [6.07, 6.45) is 0.811. The van der Waals surface area contributed by atoms with E-state index in [0.717, 1.165) is 16.9 Å². The maximum absolute atomic E-state index is 10.4. The van der Waals surface area contributed by atoms with E-state index in [0.29, 0.717) is 10.6 Å². The van der Waals surface area contributed by atoms with Gasteiger partial charge in [-0.3, -0.25) is 4.79 Å². The minimum atomic E-state index is 0.621. The van der Waals surface area contributed by atoms with Crippen LogP contribution < -0.4 is 0 Å². The number of aldehydes is 1. The average molecular weight is 201 g/mol. The zero-order chi connectivity index (χ0) is 8.97. The van der Waals surface area contributed by atoms with Gasteiger partial charge in [0.15, 0.2) is 0 Å². The van der Waals surface area contributed by atoms with Crippen LogP contribution in [0.3, 0.4) is 0 Å². The molecule has 0 saturated heterocycles. The molecule has 1 aromatic carbocycles. The van der Waals surface area contributed by atoms with Crippen molar-refractivity contribution in [3.8, 4) is 0 Å². The van der Waals surface area contributed by atoms with Gasteiger partial charge in [-0.1, -0.05) is 18.5 Å². The van der Waals surface area contributed by atoms with E-state index < -0.39 is 0 Å². The predicted octanol–water partition coefficient (Wildman–Crippen LogP) is 3.26. The monoisotopic (exact) mass is 200 g/mol. The Balaban J connectivity index is 2.97. The minimum absolute atomic E-state index is 0.621. The molecule has 3 heteroatoms. The number of hydrogen-bond donors (Lipinski definition) is 0. The van der Waals surface area contributed by atoms with Crippen LogP contribution in [0.2, 0.25) is 5.02 Å². The fourth-order valence-electron chi connectivity index (χ4n) is 0.902. The van der Waals surface area contributed by atoms with Gasteiger partial charge in [0.05, 0.1) is 0 Å². The Labute approximate surface area is 81.1 Å². The molecule has 0 aliphatic rings. The molecule has 0 aliphatic heterocycles. The van der Waals surface area contributed by atoms with Crippen LogP contribution in [-0.2, 0) is 0 Å². The summed E-state index contributed by atoms with van der Waals surface area (Å²) in [5.74, 6) is 0.985. The summed E-state index contributed by atoms with van der Waals surface area (Å²) >= 11 is 7.47. The van der Waals surface area contributed by atoms with Crippen LogP contribution in [0.5, 0.6) is 0 Å². The van der Waals surface area contributed by atoms with Crippen LogP contribution in [0.25, 0.3) is 0 Å². The Morgan fingerprint density at radius 1 is 1.50 bits per heavy atom. The SMILES string of the molecule is CCSc1cc(Cl)cc(C=O)c1. The molecule has 0 aromatic heterocycles. The molecule has 12 heavy (non-hydrogen) atoms. The standard InChI is InChI=1S/C9H9ClOS/c1-2-12-9-4-7(6-11)3-8(10)5-9/h3-6H,2H2,1H3. The number of carbonyl (C=O) groups excluding carboxylic acids is 1. The number of benzene rings is 1. The van der Waals surface area contributed by atoms with Crippen LogP contribution >= 0.6 is 23.4 Å². The van der Waals surface area contributed by atoms with E-state index in [4.69, 9.17) is 11.6 Å². The third-order valence-electron chi connectivity index (χ3n) is 1.34. The predicted molar refractivity (Wildman–Crippen MR) is 53.2 cm³/mol. The first kappa shape index (κ1) is 9.62. The maximum Gasteiger partial charge on any atom is 0.150 e. The van der Waals surface area contributed by atoms with Crippen molar-refractivity contribution in [1.82, 2.24) is 0 Å². The topological polar surface area (TPSA) is 17.1 Å². The van der Waals surface area contributed by atoms with Crippen molar-refractivity contribution in [3.05, 3.63) is 28.8 Å². The van der Waals surface area contributed by atoms with Gasteiger partial charge in [0.1, 0.15) is 6.29 Å². The van der Waals surface area contributed by atoms with Gasteiger partial charge in [-0.25, -0.2) is 0 Å². The highest BCUT2D eigenvalue weighted by Gasteiger charge is 1.97. The molecule has 0 radical (unpaired) electrons. The smallest absolute Gasteiger partial charge is 0.150 e. The van der Waals surface area contributed by atoms with Crippen molar-refractivity contribution in [2.24, 2.45) is 0 Å². The van der Waals surface area contributed by atoms with E-state index >= 15 is 0 Å². The molecule has 0 heterocycles. The minimum Gasteiger partial charge on any atom is -0.298 e. The highest BCUT2D eigenvalue weighted by Crippen LogP contribution is 2.22. The molecule has 1 nitrogen and oxygen atoms in total. The molecule has 0 saturated carbocycles. The van der Waals surface area contributed by atoms with Crippen molar-refractivity contribution in [3.63, 3.8) is 0 Å². The number of hydrogen-bond acceptors (Lipinski definition) is 2. The maximum atomic E-state index is 10.4. The molecule has 1 rings (SSSR count). The molecule has 0 bridgehead atoms. The number of halogens is 1. The van der Waals surface area contributed by atoms with Crippen LogP contribution in [0.15, 0.2) is 23.1 Å². The third-order valence-corrected chi connectivity index (χ3v) is 2.42. The fourth-order valence-corrected chi connectivity index (χ4v) is 1.97. The van der Waals surface area contributed by atoms with Gasteiger partial charge in [-0.05, 0) is 24.0 Å². The van der Waals surface area contributed by atoms with Gasteiger partial charge < -0.3 is 0 Å². The molecule has 0 unspecified atom stereocenters. The van der Waals surface area contributed by atoms with Crippen molar-refractivity contribution in [2.45, 2.75) is 11.8 Å². The van der Waals surface area contributed by atoms with Crippen molar-refractivity contribution < 1.29 is 4.79 Å². The highest BCUT2D eigenvalue weighted by molar-refractivity contribution is 7.99. The van der Waals surface area contributed by atoms with Gasteiger partial charge in [-0.15, -0.1) is 11.8 Å². The molecule has 1 aromatic rings. The van der Waals surface area contributed by atoms with Gasteiger partial charge in [0.25, 0.3) is 0 Å². The first-order valence-corrected chi connectivity index (χ1v) is 5.01. The Bertz CT molecular complexity index is 286. The summed E-state index contributed by atoms with van der Waals surface area (Å²) < 4.78 is 0. The first-order valence-electron chi connectivity index (χ1n) is 3.65. The second-order valence-corrected chi connectivity index (χ2v) is 4.04. The lowest BCUT2D eigenvalue weighted by Crippen LogP contribution is -1.81. The normalized spacial score (nSPS) is 9.83. The van der Waals surface area contributed by atoms with E-state index in [2.05, 4.69) is 6.92 Å². The van der Waals surface area contributed by atoms with Crippen LogP contribution in [-0.4, -0.2) is 12.0 Å². The van der Waals surface area contributed by atoms with E-state index in [-0.39, 0.29) is 0 Å². The first-order chi connectivity index (χ1) is 5.76. The summed E-state index contributed by atoms with van der Waals surface area (Å²) in [6.45, 7) is 2.06. The molecule has 0 aliphatic carbocycles. The molecule has 0 amide bonds. The van der Waals surface area contributed by atoms with E-state index in [9.17, 15) is 4.79 Å². The van der Waals surface area contributed by atoms with Crippen molar-refractivity contribution in [1.29, 1.82) is 0 Å². The van der Waals surface area contributed by atoms with E-state index in [1.807, 2.05) is 12.1 Å². The lowest BCUT2D eigenvalue weighted by molar-refractivity contribution is 0.112. The molecule has 0 N–H and O–H groups in total. The number of carbonyl (C=O) groups is 1. The van der Waals surface area contributed by atoms with Crippen molar-refractivity contribution >= 4 is 29.6 Å². The Kier molecular flexibility index (Phi) is 3.63. The van der Waals surface area contributed by atoms with Gasteiger partial charge >= 0.3 is 0 Å². The zero-order valence-electron chi connectivity index (χ0n) is 6.71. The number of thioether (sulfide) groups is 1. The third kappa shape index (κ3) is 2.54. The van der Waals surface area contributed by atoms with Gasteiger partial charge in [0, 0.05) is 15.5 Å². The summed E-state index contributed by atoms with van der Waals surface area (Å²) in [5.41, 5.74) is 0.637. The lowest BCUT2D eigenvalue weighted by atomic mass is 10.2. The largest absolute Gasteiger partial charge is 0.298 e. The quantitative estimate of drug-likeness (QED) is 0.550. The Morgan fingerprint density at radius 2 is 2.25 bits per heavy atom. The number of rotatable bonds is 3. The average Bonchev–Trinajstić information content (AvgIpc) is 2.04. The molecular weight excluding hydrogens is 192 g/mol. The van der Waals surface area contributed by atoms with Crippen LogP contribution in [0.4, 0.5) is 0 Å². The fraction of sp³-hybridized carbons (Fsp3) is 0.222. The summed E-state index contributed by atoms with van der Waals surface area (Å²) in [7, 11) is 0. The second-order valence-electron chi connectivity index (χ2n) is 2.27. The van der Waals surface area contributed by atoms with Crippen LogP contribution in [0.1, 0.15) is 17.3 Å². The Morgan fingerprint density at radius 3 is 2.83 bits per heavy atom. The summed E-state index contributed by atoms with van der Waals surface area (Å²) in [4.78, 5) is 11.5. The second kappa shape index (κ2) is 4.53. The van der Waals surface area contributed by atoms with Gasteiger partial charge in [-0.2, -0.15) is 0 Å². The molecule has 0 atom stereocenters.